The molecule has 1 saturated heterocycles. The minimum Gasteiger partial charge on any atom is -0.368 e. The van der Waals surface area contributed by atoms with Gasteiger partial charge in [-0.15, -0.1) is 0 Å². The van der Waals surface area contributed by atoms with Gasteiger partial charge in [0.25, 0.3) is 5.91 Å². The van der Waals surface area contributed by atoms with Crippen LogP contribution in [0.1, 0.15) is 43.1 Å². The molecule has 0 bridgehead atoms. The van der Waals surface area contributed by atoms with Gasteiger partial charge in [0.05, 0.1) is 6.17 Å². The van der Waals surface area contributed by atoms with Crippen LogP contribution in [0.2, 0.25) is 0 Å². The van der Waals surface area contributed by atoms with Crippen molar-refractivity contribution in [3.63, 3.8) is 0 Å². The zero-order chi connectivity index (χ0) is 23.8. The predicted octanol–water partition coefficient (Wildman–Crippen LogP) is 4.93. The second-order valence-electron chi connectivity index (χ2n) is 8.93. The van der Waals surface area contributed by atoms with E-state index in [0.717, 1.165) is 30.1 Å². The van der Waals surface area contributed by atoms with Gasteiger partial charge < -0.3 is 9.80 Å². The molecule has 0 aliphatic carbocycles. The van der Waals surface area contributed by atoms with Crippen LogP contribution in [0.3, 0.4) is 0 Å². The summed E-state index contributed by atoms with van der Waals surface area (Å²) < 4.78 is 16.4. The van der Waals surface area contributed by atoms with Crippen LogP contribution in [0.5, 0.6) is 0 Å². The molecule has 0 radical (unpaired) electrons. The van der Waals surface area contributed by atoms with Gasteiger partial charge in [-0.1, -0.05) is 44.2 Å². The van der Waals surface area contributed by atoms with Gasteiger partial charge in [-0.2, -0.15) is 0 Å². The van der Waals surface area contributed by atoms with Crippen LogP contribution in [-0.2, 0) is 10.5 Å². The summed E-state index contributed by atoms with van der Waals surface area (Å²) in [5, 5.41) is 0. The van der Waals surface area contributed by atoms with Crippen molar-refractivity contribution in [2.75, 3.05) is 31.1 Å². The molecule has 2 aromatic carbocycles. The molecule has 5 nitrogen and oxygen atoms in total. The average molecular weight is 472 g/mol. The number of alkyl halides is 1. The lowest BCUT2D eigenvalue weighted by Crippen LogP contribution is -2.51. The van der Waals surface area contributed by atoms with Crippen molar-refractivity contribution in [1.82, 2.24) is 9.62 Å². The lowest BCUT2D eigenvalue weighted by molar-refractivity contribution is -0.138. The molecule has 1 fully saturated rings. The van der Waals surface area contributed by atoms with Crippen molar-refractivity contribution in [2.45, 2.75) is 39.1 Å². The molecule has 0 spiro atoms. The molecule has 2 unspecified atom stereocenters. The summed E-state index contributed by atoms with van der Waals surface area (Å²) in [6.45, 7) is 8.19. The summed E-state index contributed by atoms with van der Waals surface area (Å²) in [5.41, 5.74) is 2.82. The first kappa shape index (κ1) is 25.1. The average Bonchev–Trinajstić information content (AvgIpc) is 2.82. The number of amides is 2. The van der Waals surface area contributed by atoms with E-state index < -0.39 is 6.17 Å². The third kappa shape index (κ3) is 7.22. The molecular weight excluding hydrogens is 437 g/mol. The highest BCUT2D eigenvalue weighted by Crippen LogP contribution is 2.24. The zero-order valence-corrected chi connectivity index (χ0v) is 20.5. The van der Waals surface area contributed by atoms with Crippen molar-refractivity contribution in [3.8, 4) is 0 Å². The molecule has 1 aliphatic heterocycles. The van der Waals surface area contributed by atoms with Crippen LogP contribution in [0.15, 0.2) is 54.6 Å². The Morgan fingerprint density at radius 3 is 2.18 bits per heavy atom. The maximum Gasteiger partial charge on any atom is 0.261 e. The lowest BCUT2D eigenvalue weighted by Gasteiger charge is -2.38. The minimum absolute atomic E-state index is 0.0640. The number of piperazine rings is 1. The second kappa shape index (κ2) is 12.1. The Hall–Kier alpha value is -2.54. The highest BCUT2D eigenvalue weighted by molar-refractivity contribution is 7.97. The van der Waals surface area contributed by atoms with Crippen molar-refractivity contribution >= 4 is 29.4 Å². The standard InChI is InChI=1S/C26H34FN3O2S/c1-19(2)24(17-20(3)27)26(32)30-15-13-29(14-16-30)23-11-9-22(10-12-23)25(31)28-33-18-21-7-5-4-6-8-21/h4-12,19-20,24H,13-18H2,1-3H3,(H,28,31). The minimum atomic E-state index is -0.977. The number of rotatable bonds is 9. The SMILES string of the molecule is CC(F)CC(C(=O)N1CCN(c2ccc(C(=O)NSCc3ccccc3)cc2)CC1)C(C)C. The fraction of sp³-hybridized carbons (Fsp3) is 0.462. The summed E-state index contributed by atoms with van der Waals surface area (Å²) in [6, 6.07) is 17.6. The normalized spacial score (nSPS) is 15.9. The summed E-state index contributed by atoms with van der Waals surface area (Å²) in [5.74, 6) is 0.525. The lowest BCUT2D eigenvalue weighted by atomic mass is 9.89. The van der Waals surface area contributed by atoms with E-state index in [9.17, 15) is 14.0 Å². The van der Waals surface area contributed by atoms with Gasteiger partial charge in [-0.3, -0.25) is 14.3 Å². The van der Waals surface area contributed by atoms with Crippen LogP contribution in [-0.4, -0.2) is 49.1 Å². The molecule has 1 aliphatic rings. The van der Waals surface area contributed by atoms with Crippen LogP contribution >= 0.6 is 11.9 Å². The van der Waals surface area contributed by atoms with Crippen LogP contribution in [0.4, 0.5) is 10.1 Å². The topological polar surface area (TPSA) is 52.7 Å². The molecule has 2 aromatic rings. The maximum atomic E-state index is 13.5. The molecule has 178 valence electrons. The molecule has 2 amide bonds. The van der Waals surface area contributed by atoms with Crippen LogP contribution < -0.4 is 9.62 Å². The first-order valence-corrected chi connectivity index (χ1v) is 12.6. The molecule has 1 N–H and O–H groups in total. The van der Waals surface area contributed by atoms with E-state index in [1.54, 1.807) is 0 Å². The summed E-state index contributed by atoms with van der Waals surface area (Å²) in [6.07, 6.45) is -0.695. The van der Waals surface area contributed by atoms with E-state index in [0.29, 0.717) is 18.7 Å². The van der Waals surface area contributed by atoms with Crippen molar-refractivity contribution in [1.29, 1.82) is 0 Å². The largest absolute Gasteiger partial charge is 0.368 e. The highest BCUT2D eigenvalue weighted by atomic mass is 32.2. The number of carbonyl (C=O) groups excluding carboxylic acids is 2. The Bertz CT molecular complexity index is 898. The van der Waals surface area contributed by atoms with Gasteiger partial charge in [0.15, 0.2) is 0 Å². The number of nitrogens with zero attached hydrogens (tertiary/aromatic N) is 2. The molecule has 33 heavy (non-hydrogen) atoms. The van der Waals surface area contributed by atoms with E-state index in [-0.39, 0.29) is 30.1 Å². The maximum absolute atomic E-state index is 13.5. The molecule has 2 atom stereocenters. The molecular formula is C26H34FN3O2S. The van der Waals surface area contributed by atoms with Gasteiger partial charge in [-0.05, 0) is 61.0 Å². The third-order valence-electron chi connectivity index (χ3n) is 6.03. The Balaban J connectivity index is 1.48. The summed E-state index contributed by atoms with van der Waals surface area (Å²) in [7, 11) is 0. The predicted molar refractivity (Wildman–Crippen MR) is 134 cm³/mol. The number of hydrogen-bond acceptors (Lipinski definition) is 4. The Morgan fingerprint density at radius 2 is 1.61 bits per heavy atom. The zero-order valence-electron chi connectivity index (χ0n) is 19.7. The van der Waals surface area contributed by atoms with Crippen LogP contribution in [0, 0.1) is 11.8 Å². The van der Waals surface area contributed by atoms with E-state index in [1.165, 1.54) is 18.9 Å². The van der Waals surface area contributed by atoms with Gasteiger partial charge >= 0.3 is 0 Å². The fourth-order valence-electron chi connectivity index (χ4n) is 4.07. The van der Waals surface area contributed by atoms with E-state index in [1.807, 2.05) is 73.3 Å². The Labute approximate surface area is 200 Å². The fourth-order valence-corrected chi connectivity index (χ4v) is 4.75. The number of benzene rings is 2. The molecule has 1 heterocycles. The van der Waals surface area contributed by atoms with Gasteiger partial charge in [0, 0.05) is 49.1 Å². The van der Waals surface area contributed by atoms with E-state index in [4.69, 9.17) is 0 Å². The second-order valence-corrected chi connectivity index (χ2v) is 9.71. The molecule has 3 rings (SSSR count). The van der Waals surface area contributed by atoms with Crippen molar-refractivity contribution < 1.29 is 14.0 Å². The monoisotopic (exact) mass is 471 g/mol. The number of nitrogens with one attached hydrogen (secondary N) is 1. The molecule has 0 saturated carbocycles. The summed E-state index contributed by atoms with van der Waals surface area (Å²) >= 11 is 1.38. The quantitative estimate of drug-likeness (QED) is 0.527. The van der Waals surface area contributed by atoms with Gasteiger partial charge in [0.1, 0.15) is 0 Å². The van der Waals surface area contributed by atoms with E-state index in [2.05, 4.69) is 9.62 Å². The van der Waals surface area contributed by atoms with Crippen molar-refractivity contribution in [3.05, 3.63) is 65.7 Å². The summed E-state index contributed by atoms with van der Waals surface area (Å²) in [4.78, 5) is 29.4. The third-order valence-corrected chi connectivity index (χ3v) is 6.84. The molecule has 7 heteroatoms. The van der Waals surface area contributed by atoms with E-state index >= 15 is 0 Å². The smallest absolute Gasteiger partial charge is 0.261 e. The number of hydrogen-bond donors (Lipinski definition) is 1. The van der Waals surface area contributed by atoms with Crippen molar-refractivity contribution in [2.24, 2.45) is 11.8 Å². The van der Waals surface area contributed by atoms with Gasteiger partial charge in [-0.25, -0.2) is 4.39 Å². The van der Waals surface area contributed by atoms with Crippen LogP contribution in [0.25, 0.3) is 0 Å². The molecule has 0 aromatic heterocycles. The van der Waals surface area contributed by atoms with Gasteiger partial charge in [0.2, 0.25) is 5.91 Å². The Kier molecular flexibility index (Phi) is 9.18. The Morgan fingerprint density at radius 1 is 0.970 bits per heavy atom. The number of halogens is 1. The first-order chi connectivity index (χ1) is 15.8. The first-order valence-electron chi connectivity index (χ1n) is 11.6. The highest BCUT2D eigenvalue weighted by Gasteiger charge is 2.30. The number of carbonyl (C=O) groups is 2. The number of anilines is 1.